The predicted octanol–water partition coefficient (Wildman–Crippen LogP) is 4.26. The Morgan fingerprint density at radius 2 is 1.54 bits per heavy atom. The molecule has 0 amide bonds. The third-order valence-corrected chi connectivity index (χ3v) is 13.1. The van der Waals surface area contributed by atoms with Gasteiger partial charge in [0.15, 0.2) is 0 Å². The summed E-state index contributed by atoms with van der Waals surface area (Å²) in [7, 11) is 0. The van der Waals surface area contributed by atoms with Crippen molar-refractivity contribution < 1.29 is 25.2 Å². The monoisotopic (exact) mass is 488 g/mol. The van der Waals surface area contributed by atoms with Crippen LogP contribution in [0.5, 0.6) is 0 Å². The van der Waals surface area contributed by atoms with Crippen LogP contribution in [0.1, 0.15) is 92.9 Å². The lowest BCUT2D eigenvalue weighted by Crippen LogP contribution is -2.69. The van der Waals surface area contributed by atoms with Crippen molar-refractivity contribution in [2.75, 3.05) is 6.61 Å². The topological polar surface area (TPSA) is 98.0 Å². The predicted molar refractivity (Wildman–Crippen MR) is 135 cm³/mol. The van der Waals surface area contributed by atoms with E-state index in [0.717, 1.165) is 38.4 Å². The van der Waals surface area contributed by atoms with Crippen molar-refractivity contribution in [1.82, 2.24) is 0 Å². The Balaban J connectivity index is 1.63. The first-order valence-corrected chi connectivity index (χ1v) is 14.0. The van der Waals surface area contributed by atoms with Crippen LogP contribution in [-0.2, 0) is 4.79 Å². The molecule has 0 aromatic carbocycles. The fraction of sp³-hybridized carbons (Fsp3) is 0.900. The molecule has 35 heavy (non-hydrogen) atoms. The van der Waals surface area contributed by atoms with Gasteiger partial charge in [0, 0.05) is 0 Å². The number of fused-ring (bicyclic) bond motifs is 7. The Kier molecular flexibility index (Phi) is 5.65. The minimum atomic E-state index is -0.893. The number of aliphatic hydroxyl groups is 4. The molecule has 11 atom stereocenters. The Labute approximate surface area is 211 Å². The van der Waals surface area contributed by atoms with Gasteiger partial charge in [-0.15, -0.1) is 0 Å². The number of rotatable bonds is 2. The van der Waals surface area contributed by atoms with Gasteiger partial charge >= 0.3 is 0 Å². The molecule has 5 aliphatic carbocycles. The van der Waals surface area contributed by atoms with E-state index < -0.39 is 29.1 Å². The normalized spacial score (nSPS) is 57.1. The summed E-state index contributed by atoms with van der Waals surface area (Å²) in [4.78, 5) is 12.3. The highest BCUT2D eigenvalue weighted by molar-refractivity contribution is 5.61. The van der Waals surface area contributed by atoms with E-state index in [4.69, 9.17) is 0 Å². The number of hydrogen-bond donors (Lipinski definition) is 4. The summed E-state index contributed by atoms with van der Waals surface area (Å²) < 4.78 is 0. The fourth-order valence-electron chi connectivity index (χ4n) is 10.8. The number of carbonyl (C=O) groups is 1. The van der Waals surface area contributed by atoms with E-state index in [1.807, 2.05) is 6.92 Å². The lowest BCUT2D eigenvalue weighted by Gasteiger charge is -2.72. The van der Waals surface area contributed by atoms with Gasteiger partial charge in [0.1, 0.15) is 6.29 Å². The molecule has 0 bridgehead atoms. The Bertz CT molecular complexity index is 928. The Morgan fingerprint density at radius 3 is 2.17 bits per heavy atom. The summed E-state index contributed by atoms with van der Waals surface area (Å²) in [6.07, 6.45) is 7.72. The van der Waals surface area contributed by atoms with E-state index in [1.165, 1.54) is 5.57 Å². The van der Waals surface area contributed by atoms with E-state index in [-0.39, 0.29) is 40.1 Å². The molecule has 4 N–H and O–H groups in total. The lowest BCUT2D eigenvalue weighted by atomic mass is 9.33. The highest BCUT2D eigenvalue weighted by Crippen LogP contribution is 2.75. The second kappa shape index (κ2) is 7.65. The summed E-state index contributed by atoms with van der Waals surface area (Å²) in [5, 5.41) is 44.6. The maximum atomic E-state index is 12.3. The van der Waals surface area contributed by atoms with Crippen molar-refractivity contribution in [2.45, 2.75) is 111 Å². The lowest BCUT2D eigenvalue weighted by molar-refractivity contribution is -0.233. The zero-order valence-electron chi connectivity index (χ0n) is 22.7. The molecule has 4 fully saturated rings. The first-order valence-electron chi connectivity index (χ1n) is 14.0. The molecule has 0 unspecified atom stereocenters. The molecule has 0 heterocycles. The van der Waals surface area contributed by atoms with Gasteiger partial charge in [0.25, 0.3) is 0 Å². The minimum Gasteiger partial charge on any atom is -0.396 e. The van der Waals surface area contributed by atoms with Crippen molar-refractivity contribution >= 4 is 6.29 Å². The van der Waals surface area contributed by atoms with Gasteiger partial charge in [-0.05, 0) is 90.8 Å². The molecule has 5 aliphatic rings. The van der Waals surface area contributed by atoms with Crippen LogP contribution in [-0.4, -0.2) is 51.6 Å². The highest BCUT2D eigenvalue weighted by atomic mass is 16.3. The molecule has 0 spiro atoms. The van der Waals surface area contributed by atoms with Crippen LogP contribution in [0.2, 0.25) is 0 Å². The van der Waals surface area contributed by atoms with Crippen LogP contribution in [0, 0.1) is 50.2 Å². The number of carbonyl (C=O) groups excluding carboxylic acids is 1. The molecular formula is C30H48O5. The summed E-state index contributed by atoms with van der Waals surface area (Å²) in [6, 6.07) is 0. The molecule has 0 radical (unpaired) electrons. The first kappa shape index (κ1) is 25.9. The number of aldehydes is 1. The molecule has 0 aliphatic heterocycles. The van der Waals surface area contributed by atoms with Crippen LogP contribution in [0.25, 0.3) is 0 Å². The van der Waals surface area contributed by atoms with Crippen molar-refractivity contribution in [1.29, 1.82) is 0 Å². The van der Waals surface area contributed by atoms with Gasteiger partial charge in [-0.25, -0.2) is 0 Å². The maximum Gasteiger partial charge on any atom is 0.128 e. The zero-order valence-corrected chi connectivity index (χ0v) is 22.7. The fourth-order valence-corrected chi connectivity index (χ4v) is 10.8. The van der Waals surface area contributed by atoms with Gasteiger partial charge in [0.05, 0.1) is 35.7 Å². The van der Waals surface area contributed by atoms with Crippen LogP contribution < -0.4 is 0 Å². The minimum absolute atomic E-state index is 0.0447. The first-order chi connectivity index (χ1) is 16.2. The van der Waals surface area contributed by atoms with Crippen LogP contribution in [0.15, 0.2) is 11.6 Å². The summed E-state index contributed by atoms with van der Waals surface area (Å²) in [5.74, 6) is 0.453. The Morgan fingerprint density at radius 1 is 0.886 bits per heavy atom. The average molecular weight is 489 g/mol. The molecule has 5 heteroatoms. The molecule has 4 saturated carbocycles. The number of hydrogen-bond acceptors (Lipinski definition) is 5. The second-order valence-corrected chi connectivity index (χ2v) is 15.0. The largest absolute Gasteiger partial charge is 0.396 e. The molecule has 198 valence electrons. The zero-order chi connectivity index (χ0) is 25.8. The second-order valence-electron chi connectivity index (χ2n) is 15.0. The molecule has 0 aromatic heterocycles. The summed E-state index contributed by atoms with van der Waals surface area (Å²) in [5.41, 5.74) is -0.691. The Hall–Kier alpha value is -0.750. The molecule has 5 rings (SSSR count). The third-order valence-electron chi connectivity index (χ3n) is 13.1. The van der Waals surface area contributed by atoms with E-state index in [0.29, 0.717) is 25.2 Å². The summed E-state index contributed by atoms with van der Waals surface area (Å²) >= 11 is 0. The van der Waals surface area contributed by atoms with E-state index in [1.54, 1.807) is 0 Å². The van der Waals surface area contributed by atoms with Gasteiger partial charge in [-0.3, -0.25) is 0 Å². The summed E-state index contributed by atoms with van der Waals surface area (Å²) in [6.45, 7) is 13.3. The number of aliphatic hydroxyl groups excluding tert-OH is 4. The van der Waals surface area contributed by atoms with Crippen molar-refractivity contribution in [3.05, 3.63) is 11.6 Å². The molecule has 5 nitrogen and oxygen atoms in total. The van der Waals surface area contributed by atoms with Gasteiger partial charge in [-0.1, -0.05) is 53.2 Å². The SMILES string of the molecule is CC1(C)C[C@@H]2C3=CC[C@@H]4[C@@]5(C)CC[C@H](O)[C@@](C)(C=O)[C@H]5CC[C@@]4(C)[C@]3(C)C[C@@H](O)[C@@]2(CO)[C@@H](O)C1. The molecular weight excluding hydrogens is 440 g/mol. The third kappa shape index (κ3) is 2.99. The quantitative estimate of drug-likeness (QED) is 0.344. The van der Waals surface area contributed by atoms with Crippen LogP contribution in [0.3, 0.4) is 0 Å². The smallest absolute Gasteiger partial charge is 0.128 e. The molecule has 0 saturated heterocycles. The number of allylic oxidation sites excluding steroid dienone is 2. The van der Waals surface area contributed by atoms with E-state index in [2.05, 4.69) is 40.7 Å². The van der Waals surface area contributed by atoms with Gasteiger partial charge < -0.3 is 25.2 Å². The maximum absolute atomic E-state index is 12.3. The van der Waals surface area contributed by atoms with Crippen molar-refractivity contribution in [3.63, 3.8) is 0 Å². The standard InChI is InChI=1S/C30H48O5/c1-25(2)13-19-18-7-8-21-26(3)11-10-22(33)27(4,16-31)20(26)9-12-28(21,5)29(18,6)15-24(35)30(19,17-32)23(34)14-25/h7,16,19-24,32-35H,8-15,17H2,1-6H3/t19-,20+,21-,22+,23+,24-,26+,27+,28-,29-,30-/m1/s1. The average Bonchev–Trinajstić information content (AvgIpc) is 2.76. The highest BCUT2D eigenvalue weighted by Gasteiger charge is 2.71. The van der Waals surface area contributed by atoms with Crippen LogP contribution >= 0.6 is 0 Å². The van der Waals surface area contributed by atoms with Crippen molar-refractivity contribution in [3.8, 4) is 0 Å². The van der Waals surface area contributed by atoms with Crippen molar-refractivity contribution in [2.24, 2.45) is 50.2 Å². The van der Waals surface area contributed by atoms with E-state index in [9.17, 15) is 25.2 Å². The van der Waals surface area contributed by atoms with Crippen LogP contribution in [0.4, 0.5) is 0 Å². The van der Waals surface area contributed by atoms with E-state index >= 15 is 0 Å². The molecule has 0 aromatic rings. The van der Waals surface area contributed by atoms with Gasteiger partial charge in [-0.2, -0.15) is 0 Å². The van der Waals surface area contributed by atoms with Gasteiger partial charge in [0.2, 0.25) is 0 Å².